The van der Waals surface area contributed by atoms with Crippen LogP contribution in [0.3, 0.4) is 0 Å². The molecule has 58 valence electrons. The third kappa shape index (κ3) is 1.46. The molecule has 0 radical (unpaired) electrons. The summed E-state index contributed by atoms with van der Waals surface area (Å²) >= 11 is 0. The van der Waals surface area contributed by atoms with Crippen molar-refractivity contribution in [2.24, 2.45) is 5.73 Å². The Morgan fingerprint density at radius 2 is 2.30 bits per heavy atom. The summed E-state index contributed by atoms with van der Waals surface area (Å²) in [6.45, 7) is 0.563. The van der Waals surface area contributed by atoms with Gasteiger partial charge in [0.1, 0.15) is 6.04 Å². The van der Waals surface area contributed by atoms with Gasteiger partial charge in [-0.15, -0.1) is 0 Å². The average molecular weight is 144 g/mol. The van der Waals surface area contributed by atoms with Crippen molar-refractivity contribution in [2.75, 3.05) is 6.54 Å². The Kier molecular flexibility index (Phi) is 2.24. The van der Waals surface area contributed by atoms with Crippen molar-refractivity contribution < 1.29 is 10.0 Å². The summed E-state index contributed by atoms with van der Waals surface area (Å²) in [7, 11) is 0. The summed E-state index contributed by atoms with van der Waals surface area (Å²) in [5.41, 5.74) is 5.02. The lowest BCUT2D eigenvalue weighted by atomic mass is 10.0. The molecule has 1 rings (SSSR count). The summed E-state index contributed by atoms with van der Waals surface area (Å²) < 4.78 is 0. The van der Waals surface area contributed by atoms with Gasteiger partial charge in [-0.1, -0.05) is 0 Å². The van der Waals surface area contributed by atoms with Crippen LogP contribution in [-0.4, -0.2) is 28.8 Å². The number of hydrogen-bond acceptors (Lipinski definition) is 3. The second-order valence-corrected chi connectivity index (χ2v) is 2.58. The van der Waals surface area contributed by atoms with Gasteiger partial charge in [-0.05, 0) is 19.3 Å². The topological polar surface area (TPSA) is 66.6 Å². The van der Waals surface area contributed by atoms with Crippen molar-refractivity contribution in [3.8, 4) is 0 Å². The first-order valence-corrected chi connectivity index (χ1v) is 3.46. The zero-order valence-electron chi connectivity index (χ0n) is 5.79. The summed E-state index contributed by atoms with van der Waals surface area (Å²) in [6.07, 6.45) is 2.61. The molecule has 1 atom stereocenters. The molecule has 0 aromatic carbocycles. The number of nitrogens with zero attached hydrogens (tertiary/aromatic N) is 1. The molecule has 0 bridgehead atoms. The number of nitrogens with two attached hydrogens (primary N) is 1. The summed E-state index contributed by atoms with van der Waals surface area (Å²) in [4.78, 5) is 10.6. The minimum absolute atomic E-state index is 0.429. The number of piperidine rings is 1. The van der Waals surface area contributed by atoms with E-state index in [4.69, 9.17) is 10.9 Å². The van der Waals surface area contributed by atoms with Gasteiger partial charge in [0.25, 0.3) is 0 Å². The number of hydroxylamine groups is 2. The molecule has 4 nitrogen and oxygen atoms in total. The molecule has 1 heterocycles. The van der Waals surface area contributed by atoms with Crippen molar-refractivity contribution in [3.05, 3.63) is 0 Å². The van der Waals surface area contributed by atoms with Crippen LogP contribution < -0.4 is 5.73 Å². The molecular formula is C6H12N2O2. The summed E-state index contributed by atoms with van der Waals surface area (Å²) in [5.74, 6) is -0.429. The predicted octanol–water partition coefficient (Wildman–Crippen LogP) is -0.285. The van der Waals surface area contributed by atoms with Crippen LogP contribution in [0.25, 0.3) is 0 Å². The zero-order valence-corrected chi connectivity index (χ0v) is 5.79. The fraction of sp³-hybridized carbons (Fsp3) is 0.833. The van der Waals surface area contributed by atoms with Crippen molar-refractivity contribution in [1.29, 1.82) is 0 Å². The fourth-order valence-electron chi connectivity index (χ4n) is 1.21. The number of hydrogen-bond donors (Lipinski definition) is 2. The number of carbonyl (C=O) groups excluding carboxylic acids is 1. The van der Waals surface area contributed by atoms with Crippen LogP contribution in [0.2, 0.25) is 0 Å². The van der Waals surface area contributed by atoms with E-state index in [-0.39, 0.29) is 0 Å². The van der Waals surface area contributed by atoms with Gasteiger partial charge >= 0.3 is 0 Å². The first kappa shape index (κ1) is 7.50. The molecule has 0 aromatic heterocycles. The normalized spacial score (nSPS) is 28.3. The Balaban J connectivity index is 2.47. The lowest BCUT2D eigenvalue weighted by molar-refractivity contribution is -0.160. The van der Waals surface area contributed by atoms with E-state index in [0.29, 0.717) is 13.0 Å². The largest absolute Gasteiger partial charge is 0.368 e. The smallest absolute Gasteiger partial charge is 0.237 e. The van der Waals surface area contributed by atoms with Crippen molar-refractivity contribution in [1.82, 2.24) is 5.06 Å². The second kappa shape index (κ2) is 2.98. The molecular weight excluding hydrogens is 132 g/mol. The number of rotatable bonds is 1. The average Bonchev–Trinajstić information content (AvgIpc) is 1.88. The molecule has 0 spiro atoms. The number of primary amides is 1. The lowest BCUT2D eigenvalue weighted by Gasteiger charge is -2.27. The summed E-state index contributed by atoms with van der Waals surface area (Å²) in [6, 6.07) is -0.450. The van der Waals surface area contributed by atoms with Gasteiger partial charge in [0.15, 0.2) is 0 Å². The third-order valence-electron chi connectivity index (χ3n) is 1.80. The van der Waals surface area contributed by atoms with Crippen LogP contribution in [-0.2, 0) is 4.79 Å². The Labute approximate surface area is 59.6 Å². The highest BCUT2D eigenvalue weighted by Gasteiger charge is 2.24. The van der Waals surface area contributed by atoms with Crippen molar-refractivity contribution >= 4 is 5.91 Å². The Morgan fingerprint density at radius 1 is 1.60 bits per heavy atom. The van der Waals surface area contributed by atoms with E-state index in [2.05, 4.69) is 0 Å². The van der Waals surface area contributed by atoms with Gasteiger partial charge in [-0.3, -0.25) is 4.79 Å². The lowest BCUT2D eigenvalue weighted by Crippen LogP contribution is -2.45. The molecule has 1 unspecified atom stereocenters. The molecule has 10 heavy (non-hydrogen) atoms. The van der Waals surface area contributed by atoms with Gasteiger partial charge < -0.3 is 10.9 Å². The van der Waals surface area contributed by atoms with Gasteiger partial charge in [0.2, 0.25) is 5.91 Å². The maximum Gasteiger partial charge on any atom is 0.237 e. The van der Waals surface area contributed by atoms with Crippen LogP contribution in [0.1, 0.15) is 19.3 Å². The molecule has 0 aliphatic carbocycles. The molecule has 0 saturated carbocycles. The molecule has 3 N–H and O–H groups in total. The van der Waals surface area contributed by atoms with E-state index in [9.17, 15) is 4.79 Å². The maximum absolute atomic E-state index is 10.6. The first-order valence-electron chi connectivity index (χ1n) is 3.46. The van der Waals surface area contributed by atoms with E-state index >= 15 is 0 Å². The maximum atomic E-state index is 10.6. The first-order chi connectivity index (χ1) is 4.72. The predicted molar refractivity (Wildman–Crippen MR) is 35.3 cm³/mol. The molecule has 1 saturated heterocycles. The van der Waals surface area contributed by atoms with Crippen molar-refractivity contribution in [2.45, 2.75) is 25.3 Å². The highest BCUT2D eigenvalue weighted by molar-refractivity contribution is 5.79. The van der Waals surface area contributed by atoms with E-state index in [1.54, 1.807) is 0 Å². The monoisotopic (exact) mass is 144 g/mol. The van der Waals surface area contributed by atoms with Gasteiger partial charge in [-0.25, -0.2) is 0 Å². The van der Waals surface area contributed by atoms with Crippen LogP contribution >= 0.6 is 0 Å². The van der Waals surface area contributed by atoms with Crippen LogP contribution in [0, 0.1) is 0 Å². The van der Waals surface area contributed by atoms with Crippen LogP contribution in [0.4, 0.5) is 0 Å². The minimum atomic E-state index is -0.450. The molecule has 1 aliphatic heterocycles. The standard InChI is InChI=1S/C6H12N2O2/c7-6(9)5-3-1-2-4-8(5)10/h5,10H,1-4H2,(H2,7,9). The summed E-state index contributed by atoms with van der Waals surface area (Å²) in [5, 5.41) is 10.1. The molecule has 1 fully saturated rings. The van der Waals surface area contributed by atoms with Gasteiger partial charge in [0.05, 0.1) is 0 Å². The molecule has 4 heteroatoms. The molecule has 1 aliphatic rings. The van der Waals surface area contributed by atoms with E-state index in [1.165, 1.54) is 0 Å². The Hall–Kier alpha value is -0.610. The molecule has 1 amide bonds. The third-order valence-corrected chi connectivity index (χ3v) is 1.80. The van der Waals surface area contributed by atoms with Gasteiger partial charge in [-0.2, -0.15) is 5.06 Å². The van der Waals surface area contributed by atoms with E-state index in [1.807, 2.05) is 0 Å². The van der Waals surface area contributed by atoms with Crippen LogP contribution in [0.5, 0.6) is 0 Å². The second-order valence-electron chi connectivity index (χ2n) is 2.58. The van der Waals surface area contributed by atoms with Crippen molar-refractivity contribution in [3.63, 3.8) is 0 Å². The van der Waals surface area contributed by atoms with Gasteiger partial charge in [0, 0.05) is 6.54 Å². The SMILES string of the molecule is NC(=O)C1CCCCN1O. The number of carbonyl (C=O) groups is 1. The number of amides is 1. The Bertz CT molecular complexity index is 138. The minimum Gasteiger partial charge on any atom is -0.368 e. The van der Waals surface area contributed by atoms with E-state index in [0.717, 1.165) is 17.9 Å². The molecule has 0 aromatic rings. The fourth-order valence-corrected chi connectivity index (χ4v) is 1.21. The van der Waals surface area contributed by atoms with E-state index < -0.39 is 11.9 Å². The zero-order chi connectivity index (χ0) is 7.56. The highest BCUT2D eigenvalue weighted by Crippen LogP contribution is 2.13. The van der Waals surface area contributed by atoms with Crippen LogP contribution in [0.15, 0.2) is 0 Å². The quantitative estimate of drug-likeness (QED) is 0.531. The Morgan fingerprint density at radius 3 is 2.70 bits per heavy atom. The highest BCUT2D eigenvalue weighted by atomic mass is 16.5.